The minimum atomic E-state index is -0.393. The molecule has 0 radical (unpaired) electrons. The van der Waals surface area contributed by atoms with Gasteiger partial charge in [0.2, 0.25) is 5.88 Å². The molecule has 1 N–H and O–H groups in total. The second-order valence-electron chi connectivity index (χ2n) is 7.55. The maximum Gasteiger partial charge on any atom is 0.342 e. The number of nitrogens with zero attached hydrogens (tertiary/aromatic N) is 8. The smallest absolute Gasteiger partial charge is 0.342 e. The van der Waals surface area contributed by atoms with Gasteiger partial charge in [-0.1, -0.05) is 6.07 Å². The molecule has 5 rings (SSSR count). The molecule has 0 bridgehead atoms. The lowest BCUT2D eigenvalue weighted by molar-refractivity contribution is 0.239. The number of hydrogen-bond donors (Lipinski definition) is 1. The highest BCUT2D eigenvalue weighted by Gasteiger charge is 2.17. The Kier molecular flexibility index (Phi) is 5.23. The van der Waals surface area contributed by atoms with Crippen LogP contribution in [0.25, 0.3) is 27.8 Å². The average molecular weight is 453 g/mol. The lowest BCUT2D eigenvalue weighted by atomic mass is 10.0. The van der Waals surface area contributed by atoms with Gasteiger partial charge >= 0.3 is 6.03 Å². The van der Waals surface area contributed by atoms with Crippen LogP contribution in [0, 0.1) is 11.3 Å². The summed E-state index contributed by atoms with van der Waals surface area (Å²) in [6, 6.07) is 7.28. The molecule has 0 aliphatic carbocycles. The molecular formula is C23H19N9O2. The van der Waals surface area contributed by atoms with Gasteiger partial charge in [0, 0.05) is 66.7 Å². The van der Waals surface area contributed by atoms with E-state index < -0.39 is 6.03 Å². The van der Waals surface area contributed by atoms with Crippen molar-refractivity contribution < 1.29 is 9.53 Å². The van der Waals surface area contributed by atoms with Crippen LogP contribution in [0.15, 0.2) is 61.6 Å². The molecule has 0 spiro atoms. The summed E-state index contributed by atoms with van der Waals surface area (Å²) in [6.07, 6.45) is 11.9. The fourth-order valence-electron chi connectivity index (χ4n) is 3.62. The van der Waals surface area contributed by atoms with Gasteiger partial charge in [-0.15, -0.1) is 0 Å². The predicted octanol–water partition coefficient (Wildman–Crippen LogP) is 2.63. The third-order valence-corrected chi connectivity index (χ3v) is 5.32. The van der Waals surface area contributed by atoms with E-state index in [-0.39, 0.29) is 6.54 Å². The molecule has 0 saturated carbocycles. The number of aryl methyl sites for hydroxylation is 1. The molecule has 0 unspecified atom stereocenters. The van der Waals surface area contributed by atoms with Crippen molar-refractivity contribution in [2.45, 2.75) is 6.54 Å². The first-order chi connectivity index (χ1) is 16.6. The van der Waals surface area contributed by atoms with Gasteiger partial charge in [0.05, 0.1) is 36.8 Å². The molecule has 0 saturated heterocycles. The Labute approximate surface area is 193 Å². The van der Waals surface area contributed by atoms with E-state index in [1.165, 1.54) is 10.9 Å². The molecule has 168 valence electrons. The van der Waals surface area contributed by atoms with Gasteiger partial charge in [0.25, 0.3) is 0 Å². The Morgan fingerprint density at radius 3 is 2.62 bits per heavy atom. The van der Waals surface area contributed by atoms with E-state index in [1.807, 2.05) is 31.6 Å². The summed E-state index contributed by atoms with van der Waals surface area (Å²) < 4.78 is 9.64. The van der Waals surface area contributed by atoms with Crippen LogP contribution in [0.4, 0.5) is 4.79 Å². The summed E-state index contributed by atoms with van der Waals surface area (Å²) >= 11 is 0. The van der Waals surface area contributed by atoms with E-state index in [0.29, 0.717) is 22.5 Å². The lowest BCUT2D eigenvalue weighted by Crippen LogP contribution is -2.28. The van der Waals surface area contributed by atoms with Gasteiger partial charge in [-0.2, -0.15) is 25.2 Å². The Morgan fingerprint density at radius 1 is 1.06 bits per heavy atom. The Hall–Kier alpha value is -4.98. The normalized spacial score (nSPS) is 10.9. The van der Waals surface area contributed by atoms with E-state index in [9.17, 15) is 10.1 Å². The summed E-state index contributed by atoms with van der Waals surface area (Å²) in [7, 11) is 3.39. The van der Waals surface area contributed by atoms with Crippen molar-refractivity contribution >= 4 is 11.5 Å². The number of nitrogens with one attached hydrogen (secondary N) is 1. The van der Waals surface area contributed by atoms with Crippen LogP contribution < -0.4 is 10.1 Å². The third kappa shape index (κ3) is 3.84. The summed E-state index contributed by atoms with van der Waals surface area (Å²) in [5.74, 6) is 0.503. The van der Waals surface area contributed by atoms with Crippen molar-refractivity contribution in [2.24, 2.45) is 7.05 Å². The molecule has 0 atom stereocenters. The maximum absolute atomic E-state index is 12.7. The fourth-order valence-corrected chi connectivity index (χ4v) is 3.62. The summed E-state index contributed by atoms with van der Waals surface area (Å²) in [5, 5.41) is 25.2. The van der Waals surface area contributed by atoms with E-state index in [1.54, 1.807) is 47.2 Å². The van der Waals surface area contributed by atoms with Gasteiger partial charge in [-0.05, 0) is 11.6 Å². The van der Waals surface area contributed by atoms with Crippen LogP contribution in [-0.4, -0.2) is 47.3 Å². The first-order valence-electron chi connectivity index (χ1n) is 10.3. The Morgan fingerprint density at radius 2 is 1.91 bits per heavy atom. The number of ether oxygens (including phenoxy) is 1. The number of fused-ring (bicyclic) bond motifs is 1. The minimum absolute atomic E-state index is 0.285. The number of methoxy groups -OCH3 is 1. The van der Waals surface area contributed by atoms with Gasteiger partial charge < -0.3 is 10.1 Å². The number of carbonyl (C=O) groups is 1. The number of aromatic nitrogens is 7. The van der Waals surface area contributed by atoms with Crippen molar-refractivity contribution in [1.29, 1.82) is 5.26 Å². The summed E-state index contributed by atoms with van der Waals surface area (Å²) in [4.78, 5) is 16.8. The van der Waals surface area contributed by atoms with Crippen molar-refractivity contribution in [2.75, 3.05) is 7.11 Å². The van der Waals surface area contributed by atoms with E-state index in [2.05, 4.69) is 31.7 Å². The highest BCUT2D eigenvalue weighted by molar-refractivity contribution is 5.88. The quantitative estimate of drug-likeness (QED) is 0.433. The fraction of sp³-hybridized carbons (Fsp3) is 0.130. The molecule has 5 aromatic rings. The first kappa shape index (κ1) is 20.9. The highest BCUT2D eigenvalue weighted by atomic mass is 16.5. The van der Waals surface area contributed by atoms with E-state index in [0.717, 1.165) is 22.3 Å². The zero-order valence-corrected chi connectivity index (χ0v) is 18.4. The van der Waals surface area contributed by atoms with Crippen LogP contribution in [0.1, 0.15) is 11.1 Å². The first-order valence-corrected chi connectivity index (χ1v) is 10.3. The molecule has 0 fully saturated rings. The number of amides is 1. The number of nitriles is 1. The number of carbonyl (C=O) groups excluding carboxylic acids is 1. The zero-order chi connectivity index (χ0) is 23.7. The Bertz CT molecular complexity index is 1540. The molecule has 5 heterocycles. The SMILES string of the molecule is COc1ccc(CNC(=O)n2cc(-c3cc(-c4cnn(C)c4)cn4ncc(C#N)c34)cn2)cn1. The van der Waals surface area contributed by atoms with Crippen LogP contribution in [0.2, 0.25) is 0 Å². The maximum atomic E-state index is 12.7. The average Bonchev–Trinajstić information content (AvgIpc) is 3.61. The van der Waals surface area contributed by atoms with Crippen LogP contribution in [0.3, 0.4) is 0 Å². The van der Waals surface area contributed by atoms with E-state index >= 15 is 0 Å². The highest BCUT2D eigenvalue weighted by Crippen LogP contribution is 2.31. The molecule has 0 aliphatic rings. The molecule has 11 heteroatoms. The van der Waals surface area contributed by atoms with E-state index in [4.69, 9.17) is 4.74 Å². The van der Waals surface area contributed by atoms with Gasteiger partial charge in [-0.3, -0.25) is 4.68 Å². The zero-order valence-electron chi connectivity index (χ0n) is 18.4. The third-order valence-electron chi connectivity index (χ3n) is 5.32. The van der Waals surface area contributed by atoms with Crippen LogP contribution in [-0.2, 0) is 13.6 Å². The van der Waals surface area contributed by atoms with Crippen molar-refractivity contribution in [3.8, 4) is 34.2 Å². The second-order valence-corrected chi connectivity index (χ2v) is 7.55. The largest absolute Gasteiger partial charge is 0.481 e. The molecule has 0 aromatic carbocycles. The van der Waals surface area contributed by atoms with Crippen LogP contribution in [0.5, 0.6) is 5.88 Å². The lowest BCUT2D eigenvalue weighted by Gasteiger charge is -2.07. The number of rotatable bonds is 5. The van der Waals surface area contributed by atoms with Crippen LogP contribution >= 0.6 is 0 Å². The van der Waals surface area contributed by atoms with Gasteiger partial charge in [-0.25, -0.2) is 14.3 Å². The van der Waals surface area contributed by atoms with Crippen molar-refractivity contribution in [3.05, 3.63) is 72.7 Å². The summed E-state index contributed by atoms with van der Waals surface area (Å²) in [6.45, 7) is 0.285. The monoisotopic (exact) mass is 453 g/mol. The summed E-state index contributed by atoms with van der Waals surface area (Å²) in [5.41, 5.74) is 5.06. The molecule has 1 amide bonds. The molecular weight excluding hydrogens is 434 g/mol. The Balaban J connectivity index is 1.45. The molecule has 5 aromatic heterocycles. The minimum Gasteiger partial charge on any atom is -0.481 e. The van der Waals surface area contributed by atoms with Crippen molar-refractivity contribution in [1.82, 2.24) is 39.5 Å². The second kappa shape index (κ2) is 8.51. The predicted molar refractivity (Wildman–Crippen MR) is 122 cm³/mol. The molecule has 0 aliphatic heterocycles. The topological polar surface area (TPSA) is 128 Å². The number of hydrogen-bond acceptors (Lipinski definition) is 7. The van der Waals surface area contributed by atoms with Gasteiger partial charge in [0.1, 0.15) is 6.07 Å². The van der Waals surface area contributed by atoms with Gasteiger partial charge in [0.15, 0.2) is 0 Å². The van der Waals surface area contributed by atoms with Crippen molar-refractivity contribution in [3.63, 3.8) is 0 Å². The number of pyridine rings is 2. The molecule has 34 heavy (non-hydrogen) atoms. The molecule has 11 nitrogen and oxygen atoms in total. The standard InChI is InChI=1S/C23H19N9O2/c1-30-12-18(10-27-30)16-5-20(22-17(6-24)9-28-31(22)13-16)19-11-29-32(14-19)23(33)26-8-15-3-4-21(34-2)25-7-15/h3-5,7,9-14H,8H2,1-2H3,(H,26,33).